The summed E-state index contributed by atoms with van der Waals surface area (Å²) in [6.45, 7) is 6.17. The van der Waals surface area contributed by atoms with Gasteiger partial charge in [-0.3, -0.25) is 4.79 Å². The van der Waals surface area contributed by atoms with Crippen LogP contribution in [-0.2, 0) is 0 Å². The van der Waals surface area contributed by atoms with Gasteiger partial charge in [-0.15, -0.1) is 10.2 Å². The van der Waals surface area contributed by atoms with Crippen LogP contribution in [0.4, 0.5) is 0 Å². The van der Waals surface area contributed by atoms with E-state index in [9.17, 15) is 4.79 Å². The minimum absolute atomic E-state index is 0.0416. The van der Waals surface area contributed by atoms with Crippen LogP contribution in [0.15, 0.2) is 50.7 Å². The van der Waals surface area contributed by atoms with Crippen LogP contribution in [0.1, 0.15) is 47.9 Å². The van der Waals surface area contributed by atoms with Gasteiger partial charge in [-0.05, 0) is 30.9 Å². The van der Waals surface area contributed by atoms with Crippen LogP contribution in [0.3, 0.4) is 0 Å². The topological polar surface area (TPSA) is 69.1 Å². The molecule has 0 saturated carbocycles. The maximum absolute atomic E-state index is 12.3. The highest BCUT2D eigenvalue weighted by atomic mass is 32.2. The van der Waals surface area contributed by atoms with Gasteiger partial charge in [-0.25, -0.2) is 0 Å². The molecule has 0 unspecified atom stereocenters. The van der Waals surface area contributed by atoms with Crippen LogP contribution in [-0.4, -0.2) is 21.7 Å². The fourth-order valence-electron chi connectivity index (χ4n) is 2.43. The summed E-state index contributed by atoms with van der Waals surface area (Å²) in [7, 11) is 0. The van der Waals surface area contributed by atoms with Gasteiger partial charge in [-0.2, -0.15) is 0 Å². The van der Waals surface area contributed by atoms with Crippen LogP contribution < -0.4 is 0 Å². The normalized spacial score (nSPS) is 12.3. The number of ketones is 1. The van der Waals surface area contributed by atoms with Crippen molar-refractivity contribution in [1.29, 1.82) is 0 Å². The Hall–Kier alpha value is -2.34. The second-order valence-corrected chi connectivity index (χ2v) is 6.83. The highest BCUT2D eigenvalue weighted by molar-refractivity contribution is 7.99. The van der Waals surface area contributed by atoms with E-state index in [-0.39, 0.29) is 11.5 Å². The maximum Gasteiger partial charge on any atom is 0.277 e. The Morgan fingerprint density at radius 3 is 2.60 bits per heavy atom. The van der Waals surface area contributed by atoms with Crippen molar-refractivity contribution in [3.05, 3.63) is 53.5 Å². The van der Waals surface area contributed by atoms with Crippen molar-refractivity contribution < 1.29 is 13.6 Å². The lowest BCUT2D eigenvalue weighted by atomic mass is 9.97. The molecule has 0 spiro atoms. The molecular weight excluding hydrogens is 336 g/mol. The summed E-state index contributed by atoms with van der Waals surface area (Å²) in [5.41, 5.74) is 2.72. The van der Waals surface area contributed by atoms with E-state index in [0.29, 0.717) is 22.6 Å². The quantitative estimate of drug-likeness (QED) is 0.432. The van der Waals surface area contributed by atoms with Crippen molar-refractivity contribution in [2.75, 3.05) is 5.75 Å². The average molecular weight is 356 g/mol. The molecular formula is C19H20N2O3S. The number of Topliss-reactive ketones (excluding diaryl/α,β-unsaturated/α-hetero) is 1. The molecule has 0 radical (unpaired) electrons. The Balaban J connectivity index is 1.61. The average Bonchev–Trinajstić information content (AvgIpc) is 3.27. The summed E-state index contributed by atoms with van der Waals surface area (Å²) in [4.78, 5) is 12.3. The number of hydrogen-bond acceptors (Lipinski definition) is 6. The van der Waals surface area contributed by atoms with Gasteiger partial charge in [-0.1, -0.05) is 49.9 Å². The Labute approximate surface area is 150 Å². The summed E-state index contributed by atoms with van der Waals surface area (Å²) in [6, 6.07) is 9.61. The number of carbonyl (C=O) groups excluding carboxylic acids is 1. The molecule has 1 atom stereocenters. The van der Waals surface area contributed by atoms with Crippen molar-refractivity contribution in [3.8, 4) is 11.5 Å². The molecule has 0 saturated heterocycles. The molecule has 0 bridgehead atoms. The van der Waals surface area contributed by atoms with Gasteiger partial charge in [0, 0.05) is 5.56 Å². The van der Waals surface area contributed by atoms with Crippen LogP contribution >= 0.6 is 11.8 Å². The third-order valence-electron chi connectivity index (χ3n) is 4.24. The summed E-state index contributed by atoms with van der Waals surface area (Å²) >= 11 is 1.24. The molecule has 25 heavy (non-hydrogen) atoms. The molecule has 5 nitrogen and oxygen atoms in total. The molecule has 0 fully saturated rings. The molecule has 130 valence electrons. The van der Waals surface area contributed by atoms with E-state index in [1.165, 1.54) is 17.3 Å². The second-order valence-electron chi connectivity index (χ2n) is 5.91. The third-order valence-corrected chi connectivity index (χ3v) is 5.05. The minimum Gasteiger partial charge on any atom is -0.469 e. The smallest absolute Gasteiger partial charge is 0.277 e. The minimum atomic E-state index is 0.0416. The summed E-state index contributed by atoms with van der Waals surface area (Å²) < 4.78 is 10.8. The molecule has 2 heterocycles. The van der Waals surface area contributed by atoms with E-state index in [1.807, 2.05) is 31.2 Å². The van der Waals surface area contributed by atoms with Gasteiger partial charge in [0.15, 0.2) is 5.78 Å². The summed E-state index contributed by atoms with van der Waals surface area (Å²) in [6.07, 6.45) is 2.66. The number of carbonyl (C=O) groups is 1. The Morgan fingerprint density at radius 1 is 1.20 bits per heavy atom. The Morgan fingerprint density at radius 2 is 1.96 bits per heavy atom. The van der Waals surface area contributed by atoms with E-state index in [2.05, 4.69) is 24.0 Å². The predicted molar refractivity (Wildman–Crippen MR) is 96.9 cm³/mol. The summed E-state index contributed by atoms with van der Waals surface area (Å²) in [5.74, 6) is 1.92. The second kappa shape index (κ2) is 7.70. The predicted octanol–water partition coefficient (Wildman–Crippen LogP) is 5.13. The third kappa shape index (κ3) is 4.02. The van der Waals surface area contributed by atoms with Gasteiger partial charge in [0.25, 0.3) is 11.1 Å². The van der Waals surface area contributed by atoms with Crippen LogP contribution in [0.25, 0.3) is 11.5 Å². The zero-order chi connectivity index (χ0) is 17.8. The number of aryl methyl sites for hydroxylation is 1. The van der Waals surface area contributed by atoms with Gasteiger partial charge in [0.1, 0.15) is 5.76 Å². The van der Waals surface area contributed by atoms with Crippen molar-refractivity contribution >= 4 is 17.5 Å². The Kier molecular flexibility index (Phi) is 5.38. The zero-order valence-corrected chi connectivity index (χ0v) is 15.3. The van der Waals surface area contributed by atoms with Crippen molar-refractivity contribution in [3.63, 3.8) is 0 Å². The number of nitrogens with zero attached hydrogens (tertiary/aromatic N) is 2. The maximum atomic E-state index is 12.3. The number of rotatable bonds is 7. The van der Waals surface area contributed by atoms with Crippen molar-refractivity contribution in [1.82, 2.24) is 10.2 Å². The standard InChI is InChI=1S/C19H20N2O3S/c1-4-12(2)14-5-7-15(8-6-14)17(22)11-25-19-21-20-18(24-19)16-9-10-23-13(16)3/h5-10,12H,4,11H2,1-3H3/t12-/m0/s1. The molecule has 0 aliphatic carbocycles. The first-order chi connectivity index (χ1) is 12.1. The molecule has 6 heteroatoms. The van der Waals surface area contributed by atoms with Crippen LogP contribution in [0, 0.1) is 6.92 Å². The number of hydrogen-bond donors (Lipinski definition) is 0. The number of thioether (sulfide) groups is 1. The van der Waals surface area contributed by atoms with E-state index in [1.54, 1.807) is 12.3 Å². The first kappa shape index (κ1) is 17.5. The molecule has 0 aliphatic heterocycles. The molecule has 3 aromatic rings. The van der Waals surface area contributed by atoms with Gasteiger partial charge in [0.2, 0.25) is 0 Å². The molecule has 0 aliphatic rings. The monoisotopic (exact) mass is 356 g/mol. The highest BCUT2D eigenvalue weighted by Gasteiger charge is 2.15. The lowest BCUT2D eigenvalue weighted by molar-refractivity contribution is 0.102. The van der Waals surface area contributed by atoms with Crippen LogP contribution in [0.5, 0.6) is 0 Å². The van der Waals surface area contributed by atoms with E-state index in [4.69, 9.17) is 8.83 Å². The SMILES string of the molecule is CC[C@H](C)c1ccc(C(=O)CSc2nnc(-c3ccoc3C)o2)cc1. The lowest BCUT2D eigenvalue weighted by Gasteiger charge is -2.09. The first-order valence-corrected chi connectivity index (χ1v) is 9.21. The van der Waals surface area contributed by atoms with Crippen molar-refractivity contribution in [2.45, 2.75) is 38.3 Å². The fourth-order valence-corrected chi connectivity index (χ4v) is 3.09. The largest absolute Gasteiger partial charge is 0.469 e. The molecule has 0 amide bonds. The molecule has 1 aromatic carbocycles. The zero-order valence-electron chi connectivity index (χ0n) is 14.5. The van der Waals surface area contributed by atoms with Gasteiger partial charge < -0.3 is 8.83 Å². The Bertz CT molecular complexity index is 852. The van der Waals surface area contributed by atoms with E-state index < -0.39 is 0 Å². The molecule has 0 N–H and O–H groups in total. The van der Waals surface area contributed by atoms with Gasteiger partial charge in [0.05, 0.1) is 17.6 Å². The summed E-state index contributed by atoms with van der Waals surface area (Å²) in [5, 5.41) is 8.36. The lowest BCUT2D eigenvalue weighted by Crippen LogP contribution is -2.03. The van der Waals surface area contributed by atoms with E-state index >= 15 is 0 Å². The molecule has 2 aromatic heterocycles. The van der Waals surface area contributed by atoms with Crippen LogP contribution in [0.2, 0.25) is 0 Å². The molecule has 3 rings (SSSR count). The number of aromatic nitrogens is 2. The van der Waals surface area contributed by atoms with Crippen molar-refractivity contribution in [2.24, 2.45) is 0 Å². The number of furan rings is 1. The fraction of sp³-hybridized carbons (Fsp3) is 0.316. The highest BCUT2D eigenvalue weighted by Crippen LogP contribution is 2.27. The number of benzene rings is 1. The van der Waals surface area contributed by atoms with Gasteiger partial charge >= 0.3 is 0 Å². The van der Waals surface area contributed by atoms with E-state index in [0.717, 1.165) is 17.7 Å². The first-order valence-electron chi connectivity index (χ1n) is 8.22.